The minimum Gasteiger partial charge on any atom is -0.457 e. The summed E-state index contributed by atoms with van der Waals surface area (Å²) in [5.74, 6) is 1.77. The van der Waals surface area contributed by atoms with Crippen LogP contribution < -0.4 is 4.74 Å². The molecule has 4 rings (SSSR count). The molecule has 0 spiro atoms. The molecule has 0 radical (unpaired) electrons. The minimum atomic E-state index is -0.284. The van der Waals surface area contributed by atoms with Crippen molar-refractivity contribution in [1.29, 1.82) is 0 Å². The Balaban J connectivity index is 1.66. The Morgan fingerprint density at radius 1 is 0.826 bits per heavy atom. The summed E-state index contributed by atoms with van der Waals surface area (Å²) >= 11 is 0. The number of nitrogens with one attached hydrogen (secondary N) is 1. The molecule has 1 aromatic heterocycles. The number of ether oxygens (including phenoxy) is 1. The van der Waals surface area contributed by atoms with E-state index in [1.807, 2.05) is 48.5 Å². The third-order valence-corrected chi connectivity index (χ3v) is 3.55. The first kappa shape index (κ1) is 13.5. The standard InChI is InChI=1S/C19H13FN2O/c20-14-8-10-15(11-9-14)23-16-5-3-4-13(12-16)19-21-17-6-1-2-7-18(17)22-19/h1-12H,(H,21,22). The maximum absolute atomic E-state index is 12.9. The quantitative estimate of drug-likeness (QED) is 0.567. The Morgan fingerprint density at radius 2 is 1.65 bits per heavy atom. The smallest absolute Gasteiger partial charge is 0.138 e. The van der Waals surface area contributed by atoms with Gasteiger partial charge in [0.2, 0.25) is 0 Å². The first-order valence-electron chi connectivity index (χ1n) is 7.26. The highest BCUT2D eigenvalue weighted by molar-refractivity contribution is 5.79. The number of H-pyrrole nitrogens is 1. The summed E-state index contributed by atoms with van der Waals surface area (Å²) in [5.41, 5.74) is 2.85. The molecule has 4 aromatic rings. The molecule has 0 saturated heterocycles. The molecule has 3 nitrogen and oxygen atoms in total. The fraction of sp³-hybridized carbons (Fsp3) is 0. The van der Waals surface area contributed by atoms with Gasteiger partial charge in [-0.15, -0.1) is 0 Å². The Labute approximate surface area is 132 Å². The second-order valence-electron chi connectivity index (χ2n) is 5.19. The van der Waals surface area contributed by atoms with Gasteiger partial charge in [-0.3, -0.25) is 0 Å². The van der Waals surface area contributed by atoms with Crippen molar-refractivity contribution in [3.63, 3.8) is 0 Å². The highest BCUT2D eigenvalue weighted by Crippen LogP contribution is 2.27. The van der Waals surface area contributed by atoms with Crippen molar-refractivity contribution in [2.45, 2.75) is 0 Å². The molecule has 1 heterocycles. The summed E-state index contributed by atoms with van der Waals surface area (Å²) in [6, 6.07) is 21.5. The van der Waals surface area contributed by atoms with Crippen molar-refractivity contribution in [2.75, 3.05) is 0 Å². The molecule has 3 aromatic carbocycles. The normalized spacial score (nSPS) is 10.8. The third-order valence-electron chi connectivity index (χ3n) is 3.55. The van der Waals surface area contributed by atoms with E-state index < -0.39 is 0 Å². The highest BCUT2D eigenvalue weighted by Gasteiger charge is 2.06. The van der Waals surface area contributed by atoms with E-state index in [-0.39, 0.29) is 5.82 Å². The van der Waals surface area contributed by atoms with Crippen LogP contribution in [-0.4, -0.2) is 9.97 Å². The fourth-order valence-corrected chi connectivity index (χ4v) is 2.44. The van der Waals surface area contributed by atoms with Gasteiger partial charge < -0.3 is 9.72 Å². The SMILES string of the molecule is Fc1ccc(Oc2cccc(-c3nc4ccccc4[nH]3)c2)cc1. The lowest BCUT2D eigenvalue weighted by molar-refractivity contribution is 0.481. The number of halogens is 1. The van der Waals surface area contributed by atoms with Gasteiger partial charge in [0, 0.05) is 5.56 Å². The van der Waals surface area contributed by atoms with Crippen LogP contribution in [0.25, 0.3) is 22.4 Å². The molecule has 23 heavy (non-hydrogen) atoms. The molecule has 0 amide bonds. The predicted molar refractivity (Wildman–Crippen MR) is 88.0 cm³/mol. The Kier molecular flexibility index (Phi) is 3.27. The average molecular weight is 304 g/mol. The van der Waals surface area contributed by atoms with E-state index in [1.165, 1.54) is 12.1 Å². The van der Waals surface area contributed by atoms with E-state index in [4.69, 9.17) is 4.74 Å². The van der Waals surface area contributed by atoms with E-state index >= 15 is 0 Å². The third kappa shape index (κ3) is 2.79. The van der Waals surface area contributed by atoms with Crippen molar-refractivity contribution in [2.24, 2.45) is 0 Å². The molecule has 0 bridgehead atoms. The van der Waals surface area contributed by atoms with E-state index in [0.717, 1.165) is 22.4 Å². The van der Waals surface area contributed by atoms with Crippen LogP contribution in [0.1, 0.15) is 0 Å². The summed E-state index contributed by atoms with van der Waals surface area (Å²) in [6.07, 6.45) is 0. The van der Waals surface area contributed by atoms with E-state index in [9.17, 15) is 4.39 Å². The average Bonchev–Trinajstić information content (AvgIpc) is 3.01. The number of fused-ring (bicyclic) bond motifs is 1. The number of aromatic nitrogens is 2. The number of para-hydroxylation sites is 2. The lowest BCUT2D eigenvalue weighted by Crippen LogP contribution is -1.86. The zero-order chi connectivity index (χ0) is 15.6. The lowest BCUT2D eigenvalue weighted by atomic mass is 10.2. The fourth-order valence-electron chi connectivity index (χ4n) is 2.44. The van der Waals surface area contributed by atoms with Gasteiger partial charge in [0.05, 0.1) is 11.0 Å². The van der Waals surface area contributed by atoms with Crippen molar-refractivity contribution in [3.05, 3.63) is 78.6 Å². The number of hydrogen-bond donors (Lipinski definition) is 1. The molecule has 0 aliphatic rings. The largest absolute Gasteiger partial charge is 0.457 e. The minimum absolute atomic E-state index is 0.284. The van der Waals surface area contributed by atoms with Crippen molar-refractivity contribution in [1.82, 2.24) is 9.97 Å². The van der Waals surface area contributed by atoms with Crippen LogP contribution in [0.4, 0.5) is 4.39 Å². The second kappa shape index (κ2) is 5.57. The van der Waals surface area contributed by atoms with Crippen LogP contribution in [0.2, 0.25) is 0 Å². The van der Waals surface area contributed by atoms with Crippen LogP contribution in [0.5, 0.6) is 11.5 Å². The van der Waals surface area contributed by atoms with Crippen LogP contribution in [0.3, 0.4) is 0 Å². The zero-order valence-corrected chi connectivity index (χ0v) is 12.2. The second-order valence-corrected chi connectivity index (χ2v) is 5.19. The molecule has 0 aliphatic heterocycles. The molecule has 0 saturated carbocycles. The summed E-state index contributed by atoms with van der Waals surface area (Å²) in [5, 5.41) is 0. The number of rotatable bonds is 3. The van der Waals surface area contributed by atoms with E-state index in [0.29, 0.717) is 11.5 Å². The topological polar surface area (TPSA) is 37.9 Å². The molecule has 0 atom stereocenters. The van der Waals surface area contributed by atoms with Crippen LogP contribution in [-0.2, 0) is 0 Å². The van der Waals surface area contributed by atoms with Gasteiger partial charge in [-0.25, -0.2) is 9.37 Å². The van der Waals surface area contributed by atoms with Gasteiger partial charge >= 0.3 is 0 Å². The highest BCUT2D eigenvalue weighted by atomic mass is 19.1. The number of hydrogen-bond acceptors (Lipinski definition) is 2. The molecular weight excluding hydrogens is 291 g/mol. The summed E-state index contributed by atoms with van der Waals surface area (Å²) in [7, 11) is 0. The van der Waals surface area contributed by atoms with Gasteiger partial charge in [0.1, 0.15) is 23.1 Å². The maximum atomic E-state index is 12.9. The molecule has 0 aliphatic carbocycles. The number of benzene rings is 3. The zero-order valence-electron chi connectivity index (χ0n) is 12.2. The van der Waals surface area contributed by atoms with Crippen LogP contribution >= 0.6 is 0 Å². The first-order valence-corrected chi connectivity index (χ1v) is 7.26. The molecular formula is C19H13FN2O. The maximum Gasteiger partial charge on any atom is 0.138 e. The van der Waals surface area contributed by atoms with Gasteiger partial charge in [0.25, 0.3) is 0 Å². The number of nitrogens with zero attached hydrogens (tertiary/aromatic N) is 1. The van der Waals surface area contributed by atoms with Gasteiger partial charge in [0.15, 0.2) is 0 Å². The molecule has 1 N–H and O–H groups in total. The lowest BCUT2D eigenvalue weighted by Gasteiger charge is -2.06. The summed E-state index contributed by atoms with van der Waals surface area (Å²) < 4.78 is 18.7. The first-order chi connectivity index (χ1) is 11.3. The van der Waals surface area contributed by atoms with E-state index in [1.54, 1.807) is 12.1 Å². The van der Waals surface area contributed by atoms with Crippen molar-refractivity contribution < 1.29 is 9.13 Å². The van der Waals surface area contributed by atoms with Gasteiger partial charge in [-0.2, -0.15) is 0 Å². The molecule has 0 unspecified atom stereocenters. The predicted octanol–water partition coefficient (Wildman–Crippen LogP) is 5.16. The number of aromatic amines is 1. The Morgan fingerprint density at radius 3 is 2.48 bits per heavy atom. The Bertz CT molecular complexity index is 927. The molecule has 0 fully saturated rings. The summed E-state index contributed by atoms with van der Waals surface area (Å²) in [6.45, 7) is 0. The van der Waals surface area contributed by atoms with Crippen LogP contribution in [0, 0.1) is 5.82 Å². The monoisotopic (exact) mass is 304 g/mol. The van der Waals surface area contributed by atoms with Crippen molar-refractivity contribution >= 4 is 11.0 Å². The van der Waals surface area contributed by atoms with Crippen molar-refractivity contribution in [3.8, 4) is 22.9 Å². The Hall–Kier alpha value is -3.14. The van der Waals surface area contributed by atoms with Crippen LogP contribution in [0.15, 0.2) is 72.8 Å². The molecule has 112 valence electrons. The number of imidazole rings is 1. The van der Waals surface area contributed by atoms with Gasteiger partial charge in [-0.1, -0.05) is 24.3 Å². The van der Waals surface area contributed by atoms with Gasteiger partial charge in [-0.05, 0) is 48.5 Å². The molecule has 4 heteroatoms. The summed E-state index contributed by atoms with van der Waals surface area (Å²) in [4.78, 5) is 7.88. The van der Waals surface area contributed by atoms with E-state index in [2.05, 4.69) is 9.97 Å².